The van der Waals surface area contributed by atoms with Crippen LogP contribution in [0, 0.1) is 0 Å². The predicted octanol–water partition coefficient (Wildman–Crippen LogP) is -0.155. The number of nitrogens with zero attached hydrogens (tertiary/aromatic N) is 2. The van der Waals surface area contributed by atoms with Gasteiger partial charge in [-0.05, 0) is 0 Å². The average Bonchev–Trinajstić information content (AvgIpc) is 2.04. The lowest BCUT2D eigenvalue weighted by Crippen LogP contribution is -2.06. The summed E-state index contributed by atoms with van der Waals surface area (Å²) in [7, 11) is 1.28. The maximum Gasteiger partial charge on any atom is 0.341 e. The van der Waals surface area contributed by atoms with E-state index in [4.69, 9.17) is 5.73 Å². The quantitative estimate of drug-likeness (QED) is 0.567. The van der Waals surface area contributed by atoms with Gasteiger partial charge in [0, 0.05) is 0 Å². The van der Waals surface area contributed by atoms with E-state index in [2.05, 4.69) is 14.9 Å². The fourth-order valence-electron chi connectivity index (χ4n) is 0.611. The fourth-order valence-corrected chi connectivity index (χ4v) is 0.611. The van der Waals surface area contributed by atoms with E-state index in [0.717, 1.165) is 0 Å². The Hall–Kier alpha value is -1.65. The Kier molecular flexibility index (Phi) is 2.00. The molecular formula is C6H7N3O2. The molecule has 0 amide bonds. The van der Waals surface area contributed by atoms with Crippen LogP contribution in [0.3, 0.4) is 0 Å². The van der Waals surface area contributed by atoms with Crippen LogP contribution >= 0.6 is 0 Å². The maximum absolute atomic E-state index is 10.9. The summed E-state index contributed by atoms with van der Waals surface area (Å²) in [4.78, 5) is 10.9. The van der Waals surface area contributed by atoms with Crippen LogP contribution in [0.1, 0.15) is 10.4 Å². The second-order valence-corrected chi connectivity index (χ2v) is 1.85. The second kappa shape index (κ2) is 2.96. The number of rotatable bonds is 1. The lowest BCUT2D eigenvalue weighted by Gasteiger charge is -1.99. The number of esters is 1. The molecule has 0 fully saturated rings. The molecule has 2 N–H and O–H groups in total. The molecule has 0 spiro atoms. The highest BCUT2D eigenvalue weighted by molar-refractivity contribution is 5.94. The lowest BCUT2D eigenvalue weighted by atomic mass is 10.3. The number of ether oxygens (including phenoxy) is 1. The zero-order valence-electron chi connectivity index (χ0n) is 5.94. The molecule has 1 rings (SSSR count). The number of aromatic nitrogens is 2. The molecule has 5 heteroatoms. The first-order chi connectivity index (χ1) is 5.25. The number of anilines is 1. The molecule has 0 aliphatic carbocycles. The summed E-state index contributed by atoms with van der Waals surface area (Å²) in [6.07, 6.45) is 2.56. The van der Waals surface area contributed by atoms with Gasteiger partial charge in [0.1, 0.15) is 5.56 Å². The Balaban J connectivity index is 3.03. The van der Waals surface area contributed by atoms with Crippen LogP contribution in [0.5, 0.6) is 0 Å². The zero-order valence-corrected chi connectivity index (χ0v) is 5.94. The van der Waals surface area contributed by atoms with E-state index in [1.807, 2.05) is 0 Å². The lowest BCUT2D eigenvalue weighted by molar-refractivity contribution is 0.0601. The van der Waals surface area contributed by atoms with E-state index in [0.29, 0.717) is 0 Å². The number of carbonyl (C=O) groups excluding carboxylic acids is 1. The number of methoxy groups -OCH3 is 1. The topological polar surface area (TPSA) is 78.1 Å². The standard InChI is InChI=1S/C6H7N3O2/c1-11-6(10)4-2-8-9-3-5(4)7/h2-3H,1H3,(H2,7,8). The van der Waals surface area contributed by atoms with E-state index in [1.165, 1.54) is 19.5 Å². The molecule has 0 radical (unpaired) electrons. The summed E-state index contributed by atoms with van der Waals surface area (Å²) in [5, 5.41) is 6.96. The van der Waals surface area contributed by atoms with E-state index in [-0.39, 0.29) is 11.3 Å². The van der Waals surface area contributed by atoms with Crippen LogP contribution in [0.25, 0.3) is 0 Å². The van der Waals surface area contributed by atoms with Crippen molar-refractivity contribution in [2.24, 2.45) is 0 Å². The van der Waals surface area contributed by atoms with Gasteiger partial charge in [-0.25, -0.2) is 4.79 Å². The molecule has 58 valence electrons. The minimum atomic E-state index is -0.502. The van der Waals surface area contributed by atoms with Crippen LogP contribution in [-0.2, 0) is 4.74 Å². The van der Waals surface area contributed by atoms with Gasteiger partial charge in [0.05, 0.1) is 25.2 Å². The normalized spacial score (nSPS) is 9.18. The van der Waals surface area contributed by atoms with Crippen LogP contribution < -0.4 is 5.73 Å². The number of nitrogen functional groups attached to an aromatic ring is 1. The summed E-state index contributed by atoms with van der Waals surface area (Å²) in [6.45, 7) is 0. The Morgan fingerprint density at radius 2 is 2.18 bits per heavy atom. The first-order valence-electron chi connectivity index (χ1n) is 2.90. The first kappa shape index (κ1) is 7.46. The van der Waals surface area contributed by atoms with Crippen LogP contribution in [-0.4, -0.2) is 23.3 Å². The Morgan fingerprint density at radius 3 is 2.73 bits per heavy atom. The number of hydrogen-bond donors (Lipinski definition) is 1. The second-order valence-electron chi connectivity index (χ2n) is 1.85. The van der Waals surface area contributed by atoms with Crippen LogP contribution in [0.15, 0.2) is 12.4 Å². The van der Waals surface area contributed by atoms with Crippen LogP contribution in [0.4, 0.5) is 5.69 Å². The van der Waals surface area contributed by atoms with Gasteiger partial charge < -0.3 is 10.5 Å². The molecule has 1 aromatic rings. The SMILES string of the molecule is COC(=O)c1cnncc1N. The minimum absolute atomic E-state index is 0.238. The van der Waals surface area contributed by atoms with Gasteiger partial charge in [0.2, 0.25) is 0 Å². The van der Waals surface area contributed by atoms with Crippen molar-refractivity contribution >= 4 is 11.7 Å². The van der Waals surface area contributed by atoms with Gasteiger partial charge in [-0.15, -0.1) is 0 Å². The van der Waals surface area contributed by atoms with E-state index >= 15 is 0 Å². The van der Waals surface area contributed by atoms with Gasteiger partial charge in [-0.3, -0.25) is 0 Å². The molecule has 0 saturated carbocycles. The average molecular weight is 153 g/mol. The van der Waals surface area contributed by atoms with Gasteiger partial charge >= 0.3 is 5.97 Å². The molecule has 0 atom stereocenters. The third-order valence-corrected chi connectivity index (χ3v) is 1.17. The smallest absolute Gasteiger partial charge is 0.341 e. The Labute approximate surface area is 63.2 Å². The summed E-state index contributed by atoms with van der Waals surface area (Å²) >= 11 is 0. The van der Waals surface area contributed by atoms with E-state index in [1.54, 1.807) is 0 Å². The number of nitrogens with two attached hydrogens (primary N) is 1. The van der Waals surface area contributed by atoms with Crippen molar-refractivity contribution < 1.29 is 9.53 Å². The maximum atomic E-state index is 10.9. The van der Waals surface area contributed by atoms with Gasteiger partial charge in [0.25, 0.3) is 0 Å². The monoisotopic (exact) mass is 153 g/mol. The highest BCUT2D eigenvalue weighted by Gasteiger charge is 2.08. The molecule has 0 aliphatic rings. The largest absolute Gasteiger partial charge is 0.465 e. The van der Waals surface area contributed by atoms with E-state index < -0.39 is 5.97 Å². The van der Waals surface area contributed by atoms with Gasteiger partial charge in [-0.1, -0.05) is 0 Å². The summed E-state index contributed by atoms with van der Waals surface area (Å²) < 4.78 is 4.43. The molecule has 0 unspecified atom stereocenters. The van der Waals surface area contributed by atoms with Crippen molar-refractivity contribution in [1.29, 1.82) is 0 Å². The van der Waals surface area contributed by atoms with Crippen molar-refractivity contribution in [1.82, 2.24) is 10.2 Å². The Bertz CT molecular complexity index is 274. The molecule has 0 saturated heterocycles. The van der Waals surface area contributed by atoms with E-state index in [9.17, 15) is 4.79 Å². The molecule has 1 heterocycles. The molecule has 11 heavy (non-hydrogen) atoms. The zero-order chi connectivity index (χ0) is 8.27. The van der Waals surface area contributed by atoms with Crippen LogP contribution in [0.2, 0.25) is 0 Å². The molecule has 0 aromatic carbocycles. The summed E-state index contributed by atoms with van der Waals surface area (Å²) in [6, 6.07) is 0. The highest BCUT2D eigenvalue weighted by atomic mass is 16.5. The molecule has 5 nitrogen and oxygen atoms in total. The predicted molar refractivity (Wildman–Crippen MR) is 37.8 cm³/mol. The highest BCUT2D eigenvalue weighted by Crippen LogP contribution is 2.07. The van der Waals surface area contributed by atoms with Crippen molar-refractivity contribution in [2.45, 2.75) is 0 Å². The third-order valence-electron chi connectivity index (χ3n) is 1.17. The van der Waals surface area contributed by atoms with Crippen molar-refractivity contribution in [3.8, 4) is 0 Å². The number of carbonyl (C=O) groups is 1. The first-order valence-corrected chi connectivity index (χ1v) is 2.90. The molecular weight excluding hydrogens is 146 g/mol. The fraction of sp³-hybridized carbons (Fsp3) is 0.167. The summed E-state index contributed by atoms with van der Waals surface area (Å²) in [5.74, 6) is -0.502. The molecule has 0 bridgehead atoms. The number of hydrogen-bond acceptors (Lipinski definition) is 5. The van der Waals surface area contributed by atoms with Gasteiger partial charge in [0.15, 0.2) is 0 Å². The van der Waals surface area contributed by atoms with Crippen molar-refractivity contribution in [2.75, 3.05) is 12.8 Å². The minimum Gasteiger partial charge on any atom is -0.465 e. The van der Waals surface area contributed by atoms with Gasteiger partial charge in [-0.2, -0.15) is 10.2 Å². The third kappa shape index (κ3) is 1.43. The summed E-state index contributed by atoms with van der Waals surface area (Å²) in [5.41, 5.74) is 5.90. The molecule has 1 aromatic heterocycles. The Morgan fingerprint density at radius 1 is 1.55 bits per heavy atom. The van der Waals surface area contributed by atoms with Crippen molar-refractivity contribution in [3.05, 3.63) is 18.0 Å². The molecule has 0 aliphatic heterocycles. The van der Waals surface area contributed by atoms with Crippen molar-refractivity contribution in [3.63, 3.8) is 0 Å².